The number of hydrogen-bond acceptors (Lipinski definition) is 5. The van der Waals surface area contributed by atoms with Crippen LogP contribution in [0.5, 0.6) is 5.75 Å². The number of amides is 1. The Bertz CT molecular complexity index is 922. The molecular formula is C17H16F2N4O3. The number of nitrogens with one attached hydrogen (secondary N) is 3. The Kier molecular flexibility index (Phi) is 4.72. The van der Waals surface area contributed by atoms with Crippen molar-refractivity contribution in [1.82, 2.24) is 15.4 Å². The summed E-state index contributed by atoms with van der Waals surface area (Å²) < 4.78 is 32.6. The minimum absolute atomic E-state index is 0.329. The number of para-hydroxylation sites is 1. The van der Waals surface area contributed by atoms with Gasteiger partial charge in [0.1, 0.15) is 29.1 Å². The van der Waals surface area contributed by atoms with Gasteiger partial charge in [-0.2, -0.15) is 0 Å². The minimum atomic E-state index is -0.870. The lowest BCUT2D eigenvalue weighted by Crippen LogP contribution is -2.41. The summed E-state index contributed by atoms with van der Waals surface area (Å²) >= 11 is 0. The zero-order chi connectivity index (χ0) is 18.8. The van der Waals surface area contributed by atoms with E-state index in [1.54, 1.807) is 18.1 Å². The number of carbonyl (C=O) groups excluding carboxylic acids is 1. The van der Waals surface area contributed by atoms with Crippen molar-refractivity contribution in [2.45, 2.75) is 6.04 Å². The van der Waals surface area contributed by atoms with Crippen LogP contribution in [0.25, 0.3) is 5.70 Å². The Morgan fingerprint density at radius 2 is 2.00 bits per heavy atom. The third kappa shape index (κ3) is 3.29. The molecule has 136 valence electrons. The molecule has 0 saturated carbocycles. The molecule has 0 fully saturated rings. The molecule has 7 nitrogen and oxygen atoms in total. The van der Waals surface area contributed by atoms with Gasteiger partial charge in [0.2, 0.25) is 5.91 Å². The molecule has 3 N–H and O–H groups in total. The monoisotopic (exact) mass is 362 g/mol. The molecule has 0 radical (unpaired) electrons. The van der Waals surface area contributed by atoms with Crippen LogP contribution in [0.2, 0.25) is 0 Å². The van der Waals surface area contributed by atoms with Gasteiger partial charge in [-0.1, -0.05) is 6.07 Å². The maximum atomic E-state index is 13.7. The minimum Gasteiger partial charge on any atom is -0.496 e. The number of anilines is 1. The highest BCUT2D eigenvalue weighted by atomic mass is 19.1. The van der Waals surface area contributed by atoms with E-state index in [-0.39, 0.29) is 5.56 Å². The highest BCUT2D eigenvalue weighted by Gasteiger charge is 2.29. The second kappa shape index (κ2) is 6.96. The Labute approximate surface area is 147 Å². The van der Waals surface area contributed by atoms with E-state index >= 15 is 0 Å². The van der Waals surface area contributed by atoms with Crippen molar-refractivity contribution in [3.8, 4) is 5.75 Å². The van der Waals surface area contributed by atoms with E-state index in [9.17, 15) is 18.4 Å². The molecule has 0 aliphatic carbocycles. The molecule has 1 aliphatic heterocycles. The predicted octanol–water partition coefficient (Wildman–Crippen LogP) is 1.46. The summed E-state index contributed by atoms with van der Waals surface area (Å²) in [7, 11) is 3.08. The highest BCUT2D eigenvalue weighted by Crippen LogP contribution is 2.29. The maximum absolute atomic E-state index is 13.7. The number of H-pyrrole nitrogens is 1. The average Bonchev–Trinajstić information content (AvgIpc) is 2.99. The lowest BCUT2D eigenvalue weighted by atomic mass is 10.1. The van der Waals surface area contributed by atoms with Gasteiger partial charge in [-0.25, -0.2) is 14.2 Å². The van der Waals surface area contributed by atoms with Gasteiger partial charge in [-0.15, -0.1) is 0 Å². The van der Waals surface area contributed by atoms with Crippen LogP contribution < -0.4 is 21.0 Å². The van der Waals surface area contributed by atoms with Crippen LogP contribution in [-0.4, -0.2) is 36.1 Å². The summed E-state index contributed by atoms with van der Waals surface area (Å²) in [6, 6.07) is 3.73. The lowest BCUT2D eigenvalue weighted by Gasteiger charge is -2.19. The number of hydrogen-bond donors (Lipinski definition) is 3. The fraction of sp³-hybridized carbons (Fsp3) is 0.176. The van der Waals surface area contributed by atoms with Crippen LogP contribution in [-0.2, 0) is 4.79 Å². The van der Waals surface area contributed by atoms with E-state index < -0.39 is 29.3 Å². The summed E-state index contributed by atoms with van der Waals surface area (Å²) in [6.45, 7) is 0. The first kappa shape index (κ1) is 17.6. The van der Waals surface area contributed by atoms with E-state index in [4.69, 9.17) is 4.74 Å². The molecule has 0 bridgehead atoms. The topological polar surface area (TPSA) is 86.5 Å². The van der Waals surface area contributed by atoms with Crippen LogP contribution in [0.15, 0.2) is 41.3 Å². The fourth-order valence-corrected chi connectivity index (χ4v) is 2.63. The molecule has 1 atom stereocenters. The second-order valence-corrected chi connectivity index (χ2v) is 5.58. The van der Waals surface area contributed by atoms with Gasteiger partial charge in [0.15, 0.2) is 0 Å². The number of nitrogens with zero attached hydrogens (tertiary/aromatic N) is 1. The molecule has 26 heavy (non-hydrogen) atoms. The zero-order valence-electron chi connectivity index (χ0n) is 14.0. The third-order valence-corrected chi connectivity index (χ3v) is 3.89. The van der Waals surface area contributed by atoms with Crippen molar-refractivity contribution in [2.75, 3.05) is 19.5 Å². The van der Waals surface area contributed by atoms with Crippen molar-refractivity contribution in [3.05, 3.63) is 64.1 Å². The molecule has 0 saturated heterocycles. The Balaban J connectivity index is 1.87. The van der Waals surface area contributed by atoms with Gasteiger partial charge < -0.3 is 20.0 Å². The number of hydrazine groups is 1. The van der Waals surface area contributed by atoms with Gasteiger partial charge in [0, 0.05) is 19.3 Å². The first-order chi connectivity index (χ1) is 12.4. The van der Waals surface area contributed by atoms with Crippen molar-refractivity contribution < 1.29 is 18.3 Å². The first-order valence-corrected chi connectivity index (χ1v) is 7.64. The molecule has 0 spiro atoms. The van der Waals surface area contributed by atoms with Crippen molar-refractivity contribution in [1.29, 1.82) is 0 Å². The Morgan fingerprint density at radius 3 is 2.65 bits per heavy atom. The largest absolute Gasteiger partial charge is 0.496 e. The van der Waals surface area contributed by atoms with Gasteiger partial charge in [-0.3, -0.25) is 9.59 Å². The SMILES string of the molecule is COc1cc(=O)[nH]cc1C1=CC(C(=O)Nc2c(F)cccc2F)NN1C. The van der Waals surface area contributed by atoms with Gasteiger partial charge in [0.05, 0.1) is 18.4 Å². The number of carbonyl (C=O) groups is 1. The normalized spacial score (nSPS) is 16.4. The number of halogens is 2. The quantitative estimate of drug-likeness (QED) is 0.767. The number of rotatable bonds is 4. The van der Waals surface area contributed by atoms with Crippen LogP contribution in [0.3, 0.4) is 0 Å². The second-order valence-electron chi connectivity index (χ2n) is 5.58. The number of methoxy groups -OCH3 is 1. The van der Waals surface area contributed by atoms with E-state index in [1.807, 2.05) is 0 Å². The molecule has 1 aromatic heterocycles. The number of ether oxygens (including phenoxy) is 1. The number of pyridine rings is 1. The Hall–Kier alpha value is -3.20. The number of aromatic nitrogens is 1. The van der Waals surface area contributed by atoms with E-state index in [2.05, 4.69) is 15.7 Å². The van der Waals surface area contributed by atoms with Crippen molar-refractivity contribution in [3.63, 3.8) is 0 Å². The maximum Gasteiger partial charge on any atom is 0.251 e. The average molecular weight is 362 g/mol. The molecule has 2 aromatic rings. The summed E-state index contributed by atoms with van der Waals surface area (Å²) in [5.41, 5.74) is 3.14. The number of aromatic amines is 1. The van der Waals surface area contributed by atoms with E-state index in [0.717, 1.165) is 12.1 Å². The Morgan fingerprint density at radius 1 is 1.31 bits per heavy atom. The zero-order valence-corrected chi connectivity index (χ0v) is 14.0. The van der Waals surface area contributed by atoms with Gasteiger partial charge in [0.25, 0.3) is 5.56 Å². The summed E-state index contributed by atoms with van der Waals surface area (Å²) in [6.07, 6.45) is 3.02. The van der Waals surface area contributed by atoms with Crippen LogP contribution in [0.4, 0.5) is 14.5 Å². The highest BCUT2D eigenvalue weighted by molar-refractivity contribution is 5.98. The van der Waals surface area contributed by atoms with Crippen molar-refractivity contribution >= 4 is 17.3 Å². The predicted molar refractivity (Wildman–Crippen MR) is 91.3 cm³/mol. The fourth-order valence-electron chi connectivity index (χ4n) is 2.63. The van der Waals surface area contributed by atoms with Crippen LogP contribution >= 0.6 is 0 Å². The van der Waals surface area contributed by atoms with Gasteiger partial charge in [-0.05, 0) is 18.2 Å². The molecule has 2 heterocycles. The number of benzene rings is 1. The van der Waals surface area contributed by atoms with E-state index in [1.165, 1.54) is 25.4 Å². The molecule has 9 heteroatoms. The first-order valence-electron chi connectivity index (χ1n) is 7.64. The molecule has 3 rings (SSSR count). The van der Waals surface area contributed by atoms with Gasteiger partial charge >= 0.3 is 0 Å². The van der Waals surface area contributed by atoms with Crippen LogP contribution in [0.1, 0.15) is 5.56 Å². The standard InChI is InChI=1S/C17H16F2N4O3/c1-23-13(9-8-20-15(24)7-14(9)26-2)6-12(22-23)17(25)21-16-10(18)4-3-5-11(16)19/h3-8,12,22H,1-2H3,(H,20,24)(H,21,25). The van der Waals surface area contributed by atoms with Crippen LogP contribution in [0, 0.1) is 11.6 Å². The summed E-state index contributed by atoms with van der Waals surface area (Å²) in [5, 5.41) is 3.79. The smallest absolute Gasteiger partial charge is 0.251 e. The molecular weight excluding hydrogens is 346 g/mol. The van der Waals surface area contributed by atoms with Crippen molar-refractivity contribution in [2.24, 2.45) is 0 Å². The van der Waals surface area contributed by atoms with E-state index in [0.29, 0.717) is 17.0 Å². The third-order valence-electron chi connectivity index (χ3n) is 3.89. The summed E-state index contributed by atoms with van der Waals surface area (Å²) in [4.78, 5) is 26.3. The molecule has 1 aromatic carbocycles. The molecule has 1 unspecified atom stereocenters. The summed E-state index contributed by atoms with van der Waals surface area (Å²) in [5.74, 6) is -2.04. The molecule has 1 aliphatic rings. The molecule has 1 amide bonds. The lowest BCUT2D eigenvalue weighted by molar-refractivity contribution is -0.117.